The van der Waals surface area contributed by atoms with Crippen LogP contribution in [0.4, 0.5) is 0 Å². The molecular formula is C18H24N2O. The number of aliphatic hydroxyl groups excluding tert-OH is 1. The van der Waals surface area contributed by atoms with Crippen molar-refractivity contribution in [3.05, 3.63) is 48.0 Å². The first-order valence-corrected chi connectivity index (χ1v) is 7.71. The quantitative estimate of drug-likeness (QED) is 0.918. The van der Waals surface area contributed by atoms with Gasteiger partial charge in [0.25, 0.3) is 0 Å². The van der Waals surface area contributed by atoms with Gasteiger partial charge >= 0.3 is 0 Å². The molecule has 0 radical (unpaired) electrons. The van der Waals surface area contributed by atoms with Crippen LogP contribution in [0.5, 0.6) is 0 Å². The maximum Gasteiger partial charge on any atom is 0.0957 e. The van der Waals surface area contributed by atoms with E-state index < -0.39 is 6.10 Å². The molecule has 3 rings (SSSR count). The third kappa shape index (κ3) is 3.10. The number of rotatable bonds is 2. The molecule has 0 bridgehead atoms. The van der Waals surface area contributed by atoms with E-state index in [1.165, 1.54) is 10.8 Å². The highest BCUT2D eigenvalue weighted by Gasteiger charge is 2.28. The summed E-state index contributed by atoms with van der Waals surface area (Å²) in [4.78, 5) is 4.61. The van der Waals surface area contributed by atoms with E-state index in [-0.39, 0.29) is 6.04 Å². The Bertz CT molecular complexity index is 613. The fourth-order valence-corrected chi connectivity index (χ4v) is 3.26. The van der Waals surface area contributed by atoms with E-state index in [9.17, 15) is 5.11 Å². The number of likely N-dealkylation sites (N-methyl/N-ethyl adjacent to an activating group) is 2. The Morgan fingerprint density at radius 2 is 1.81 bits per heavy atom. The number of benzene rings is 2. The summed E-state index contributed by atoms with van der Waals surface area (Å²) in [6.07, 6.45) is 0.716. The van der Waals surface area contributed by atoms with Crippen molar-refractivity contribution >= 4 is 10.8 Å². The lowest BCUT2D eigenvalue weighted by Gasteiger charge is -2.31. The van der Waals surface area contributed by atoms with Crippen LogP contribution in [0.2, 0.25) is 0 Å². The van der Waals surface area contributed by atoms with Crippen molar-refractivity contribution < 1.29 is 5.11 Å². The molecule has 1 aliphatic rings. The lowest BCUT2D eigenvalue weighted by atomic mass is 9.98. The number of aliphatic hydroxyl groups is 1. The van der Waals surface area contributed by atoms with Crippen LogP contribution in [0.15, 0.2) is 42.5 Å². The van der Waals surface area contributed by atoms with Crippen molar-refractivity contribution in [2.24, 2.45) is 0 Å². The van der Waals surface area contributed by atoms with Gasteiger partial charge in [0, 0.05) is 6.54 Å². The second-order valence-corrected chi connectivity index (χ2v) is 6.22. The minimum absolute atomic E-state index is 0.152. The summed E-state index contributed by atoms with van der Waals surface area (Å²) in [5, 5.41) is 13.3. The van der Waals surface area contributed by atoms with Gasteiger partial charge in [-0.05, 0) is 56.0 Å². The first-order chi connectivity index (χ1) is 10.1. The first-order valence-electron chi connectivity index (χ1n) is 7.71. The molecule has 1 saturated heterocycles. The van der Waals surface area contributed by atoms with Gasteiger partial charge in [-0.25, -0.2) is 0 Å². The third-order valence-corrected chi connectivity index (χ3v) is 4.60. The molecule has 0 aliphatic carbocycles. The highest BCUT2D eigenvalue weighted by atomic mass is 16.3. The smallest absolute Gasteiger partial charge is 0.0957 e. The Balaban J connectivity index is 1.89. The van der Waals surface area contributed by atoms with Gasteiger partial charge in [-0.1, -0.05) is 36.4 Å². The van der Waals surface area contributed by atoms with Crippen molar-refractivity contribution in [3.63, 3.8) is 0 Å². The van der Waals surface area contributed by atoms with Gasteiger partial charge in [0.05, 0.1) is 12.1 Å². The second kappa shape index (κ2) is 6.14. The summed E-state index contributed by atoms with van der Waals surface area (Å²) in [7, 11) is 4.26. The van der Waals surface area contributed by atoms with E-state index in [2.05, 4.69) is 54.2 Å². The summed E-state index contributed by atoms with van der Waals surface area (Å²) >= 11 is 0. The average Bonchev–Trinajstić information content (AvgIpc) is 2.67. The maximum absolute atomic E-state index is 10.8. The zero-order valence-electron chi connectivity index (χ0n) is 12.9. The lowest BCUT2D eigenvalue weighted by Crippen LogP contribution is -2.42. The molecule has 0 amide bonds. The molecule has 1 aliphatic heterocycles. The summed E-state index contributed by atoms with van der Waals surface area (Å²) in [6.45, 7) is 3.05. The second-order valence-electron chi connectivity index (χ2n) is 6.22. The molecule has 0 saturated carbocycles. The van der Waals surface area contributed by atoms with Crippen LogP contribution in [0.1, 0.15) is 18.1 Å². The fourth-order valence-electron chi connectivity index (χ4n) is 3.26. The molecule has 1 N–H and O–H groups in total. The minimum Gasteiger partial charge on any atom is -0.387 e. The van der Waals surface area contributed by atoms with Crippen LogP contribution in [0, 0.1) is 0 Å². The molecule has 3 heteroatoms. The molecule has 2 unspecified atom stereocenters. The van der Waals surface area contributed by atoms with E-state index in [1.54, 1.807) is 0 Å². The lowest BCUT2D eigenvalue weighted by molar-refractivity contribution is 0.0573. The third-order valence-electron chi connectivity index (χ3n) is 4.60. The fraction of sp³-hybridized carbons (Fsp3) is 0.444. The van der Waals surface area contributed by atoms with E-state index in [1.807, 2.05) is 12.1 Å². The Morgan fingerprint density at radius 3 is 2.62 bits per heavy atom. The SMILES string of the molecule is CN1CCCN(C)C(C(O)c2ccc3ccccc3c2)C1. The van der Waals surface area contributed by atoms with Crippen LogP contribution in [0.25, 0.3) is 10.8 Å². The molecule has 1 heterocycles. The van der Waals surface area contributed by atoms with Gasteiger partial charge in [-0.3, -0.25) is 4.90 Å². The van der Waals surface area contributed by atoms with Crippen LogP contribution in [0.3, 0.4) is 0 Å². The minimum atomic E-state index is -0.444. The Kier molecular flexibility index (Phi) is 4.24. The molecule has 2 aromatic carbocycles. The highest BCUT2D eigenvalue weighted by Crippen LogP contribution is 2.26. The van der Waals surface area contributed by atoms with E-state index >= 15 is 0 Å². The normalized spacial score (nSPS) is 23.1. The molecule has 2 aromatic rings. The van der Waals surface area contributed by atoms with Gasteiger partial charge < -0.3 is 10.0 Å². The van der Waals surface area contributed by atoms with Gasteiger partial charge in [-0.15, -0.1) is 0 Å². The molecule has 21 heavy (non-hydrogen) atoms. The van der Waals surface area contributed by atoms with E-state index in [0.717, 1.165) is 31.6 Å². The van der Waals surface area contributed by atoms with E-state index in [0.29, 0.717) is 0 Å². The van der Waals surface area contributed by atoms with Crippen LogP contribution in [-0.2, 0) is 0 Å². The molecule has 0 spiro atoms. The van der Waals surface area contributed by atoms with Crippen LogP contribution < -0.4 is 0 Å². The Labute approximate surface area is 126 Å². The van der Waals surface area contributed by atoms with Crippen molar-refractivity contribution in [3.8, 4) is 0 Å². The molecule has 2 atom stereocenters. The summed E-state index contributed by atoms with van der Waals surface area (Å²) in [5.74, 6) is 0. The maximum atomic E-state index is 10.8. The predicted molar refractivity (Wildman–Crippen MR) is 87.4 cm³/mol. The number of fused-ring (bicyclic) bond motifs is 1. The average molecular weight is 284 g/mol. The molecular weight excluding hydrogens is 260 g/mol. The van der Waals surface area contributed by atoms with Crippen molar-refractivity contribution in [2.75, 3.05) is 33.7 Å². The predicted octanol–water partition coefficient (Wildman–Crippen LogP) is 2.51. The van der Waals surface area contributed by atoms with Crippen molar-refractivity contribution in [2.45, 2.75) is 18.6 Å². The molecule has 1 fully saturated rings. The summed E-state index contributed by atoms with van der Waals surface area (Å²) in [6, 6.07) is 14.7. The van der Waals surface area contributed by atoms with Gasteiger partial charge in [-0.2, -0.15) is 0 Å². The largest absolute Gasteiger partial charge is 0.387 e. The Hall–Kier alpha value is -1.42. The summed E-state index contributed by atoms with van der Waals surface area (Å²) < 4.78 is 0. The van der Waals surface area contributed by atoms with Crippen molar-refractivity contribution in [1.29, 1.82) is 0 Å². The number of nitrogens with zero attached hydrogens (tertiary/aromatic N) is 2. The van der Waals surface area contributed by atoms with Gasteiger partial charge in [0.15, 0.2) is 0 Å². The molecule has 112 valence electrons. The Morgan fingerprint density at radius 1 is 1.05 bits per heavy atom. The molecule has 3 nitrogen and oxygen atoms in total. The van der Waals surface area contributed by atoms with Crippen molar-refractivity contribution in [1.82, 2.24) is 9.80 Å². The highest BCUT2D eigenvalue weighted by molar-refractivity contribution is 5.83. The number of hydrogen-bond donors (Lipinski definition) is 1. The number of hydrogen-bond acceptors (Lipinski definition) is 3. The zero-order valence-corrected chi connectivity index (χ0v) is 12.9. The monoisotopic (exact) mass is 284 g/mol. The van der Waals surface area contributed by atoms with Crippen LogP contribution in [-0.4, -0.2) is 54.7 Å². The van der Waals surface area contributed by atoms with E-state index in [4.69, 9.17) is 0 Å². The first kappa shape index (κ1) is 14.5. The zero-order chi connectivity index (χ0) is 14.8. The summed E-state index contributed by atoms with van der Waals surface area (Å²) in [5.41, 5.74) is 1.01. The molecule has 0 aromatic heterocycles. The topological polar surface area (TPSA) is 26.7 Å². The van der Waals surface area contributed by atoms with Gasteiger partial charge in [0.2, 0.25) is 0 Å². The van der Waals surface area contributed by atoms with Crippen LogP contribution >= 0.6 is 0 Å². The standard InChI is InChI=1S/C18H24N2O/c1-19-10-5-11-20(2)17(13-19)18(21)16-9-8-14-6-3-4-7-15(14)12-16/h3-4,6-9,12,17-18,21H,5,10-11,13H2,1-2H3. The van der Waals surface area contributed by atoms with Gasteiger partial charge in [0.1, 0.15) is 0 Å².